The van der Waals surface area contributed by atoms with Crippen molar-refractivity contribution in [3.8, 4) is 23.7 Å². The van der Waals surface area contributed by atoms with E-state index in [0.717, 1.165) is 23.8 Å². The van der Waals surface area contributed by atoms with E-state index in [0.29, 0.717) is 6.42 Å². The highest BCUT2D eigenvalue weighted by Crippen LogP contribution is 2.24. The normalized spacial score (nSPS) is 10.4. The van der Waals surface area contributed by atoms with E-state index in [9.17, 15) is 26.3 Å². The molecular formula is C28H14F6. The Kier molecular flexibility index (Phi) is 6.34. The molecule has 0 spiro atoms. The number of hydrogen-bond acceptors (Lipinski definition) is 0. The van der Waals surface area contributed by atoms with Crippen molar-refractivity contribution in [2.75, 3.05) is 0 Å². The van der Waals surface area contributed by atoms with Crippen LogP contribution in [0.25, 0.3) is 10.8 Å². The zero-order valence-electron chi connectivity index (χ0n) is 17.7. The van der Waals surface area contributed by atoms with Crippen LogP contribution in [0.1, 0.15) is 34.7 Å². The summed E-state index contributed by atoms with van der Waals surface area (Å²) >= 11 is 0. The molecule has 0 fully saturated rings. The molecular weight excluding hydrogens is 450 g/mol. The lowest BCUT2D eigenvalue weighted by molar-refractivity contribution is 0.453. The lowest BCUT2D eigenvalue weighted by Crippen LogP contribution is -1.94. The fourth-order valence-corrected chi connectivity index (χ4v) is 3.30. The summed E-state index contributed by atoms with van der Waals surface area (Å²) < 4.78 is 83.7. The molecule has 0 nitrogen and oxygen atoms in total. The number of hydrogen-bond donors (Lipinski definition) is 0. The molecule has 6 heteroatoms. The maximum atomic E-state index is 14.5. The van der Waals surface area contributed by atoms with Gasteiger partial charge in [-0.15, -0.1) is 0 Å². The van der Waals surface area contributed by atoms with E-state index < -0.39 is 40.5 Å². The largest absolute Gasteiger partial charge is 0.206 e. The second-order valence-electron chi connectivity index (χ2n) is 7.40. The Morgan fingerprint density at radius 1 is 0.588 bits per heavy atom. The standard InChI is InChI=1S/C28H14F6/c1-2-16-3-7-19(23(29)12-16)8-4-18-13-24(30)22(25(31)14-18)10-6-17-5-9-21-20(11-17)15-26(32)28(34)27(21)33/h3,5,7,9,11-15H,2H2,1H3. The number of benzene rings is 4. The summed E-state index contributed by atoms with van der Waals surface area (Å²) in [6.45, 7) is 1.89. The molecule has 4 aromatic carbocycles. The fourth-order valence-electron chi connectivity index (χ4n) is 3.30. The van der Waals surface area contributed by atoms with Gasteiger partial charge in [0, 0.05) is 16.5 Å². The summed E-state index contributed by atoms with van der Waals surface area (Å²) in [5.74, 6) is 3.25. The van der Waals surface area contributed by atoms with Crippen LogP contribution >= 0.6 is 0 Å². The third kappa shape index (κ3) is 4.63. The van der Waals surface area contributed by atoms with Crippen molar-refractivity contribution in [3.63, 3.8) is 0 Å². The SMILES string of the molecule is CCc1ccc(C#Cc2cc(F)c(C#Cc3ccc4c(F)c(F)c(F)cc4c3)c(F)c2)c(F)c1. The van der Waals surface area contributed by atoms with Crippen molar-refractivity contribution < 1.29 is 26.3 Å². The number of halogens is 6. The fraction of sp³-hybridized carbons (Fsp3) is 0.0714. The van der Waals surface area contributed by atoms with Crippen LogP contribution in [0, 0.1) is 58.6 Å². The molecule has 0 heterocycles. The van der Waals surface area contributed by atoms with Crippen molar-refractivity contribution in [2.45, 2.75) is 13.3 Å². The highest BCUT2D eigenvalue weighted by atomic mass is 19.2. The van der Waals surface area contributed by atoms with Crippen LogP contribution in [0.3, 0.4) is 0 Å². The summed E-state index contributed by atoms with van der Waals surface area (Å²) in [6.07, 6.45) is 0.662. The van der Waals surface area contributed by atoms with Gasteiger partial charge in [-0.2, -0.15) is 0 Å². The first kappa shape index (κ1) is 23.0. The molecule has 0 atom stereocenters. The van der Waals surface area contributed by atoms with Crippen molar-refractivity contribution in [1.82, 2.24) is 0 Å². The number of fused-ring (bicyclic) bond motifs is 1. The smallest absolute Gasteiger partial charge is 0.195 e. The van der Waals surface area contributed by atoms with E-state index in [1.54, 1.807) is 6.07 Å². The summed E-state index contributed by atoms with van der Waals surface area (Å²) in [6, 6.07) is 11.2. The lowest BCUT2D eigenvalue weighted by Gasteiger charge is -2.03. The molecule has 0 aromatic heterocycles. The van der Waals surface area contributed by atoms with E-state index in [1.807, 2.05) is 6.92 Å². The molecule has 0 unspecified atom stereocenters. The number of aryl methyl sites for hydroxylation is 1. The molecule has 0 radical (unpaired) electrons. The Morgan fingerprint density at radius 2 is 1.29 bits per heavy atom. The van der Waals surface area contributed by atoms with E-state index in [1.165, 1.54) is 30.3 Å². The van der Waals surface area contributed by atoms with E-state index in [-0.39, 0.29) is 27.5 Å². The molecule has 34 heavy (non-hydrogen) atoms. The third-order valence-corrected chi connectivity index (χ3v) is 5.13. The highest BCUT2D eigenvalue weighted by Gasteiger charge is 2.13. The minimum Gasteiger partial charge on any atom is -0.206 e. The summed E-state index contributed by atoms with van der Waals surface area (Å²) in [4.78, 5) is 0. The molecule has 0 aliphatic heterocycles. The van der Waals surface area contributed by atoms with Gasteiger partial charge >= 0.3 is 0 Å². The van der Waals surface area contributed by atoms with Crippen LogP contribution in [0.15, 0.2) is 54.6 Å². The Labute approximate surface area is 191 Å². The van der Waals surface area contributed by atoms with Gasteiger partial charge in [0.2, 0.25) is 0 Å². The van der Waals surface area contributed by atoms with Crippen molar-refractivity contribution >= 4 is 10.8 Å². The van der Waals surface area contributed by atoms with Gasteiger partial charge < -0.3 is 0 Å². The molecule has 0 saturated carbocycles. The van der Waals surface area contributed by atoms with Gasteiger partial charge in [0.1, 0.15) is 17.5 Å². The van der Waals surface area contributed by atoms with Crippen LogP contribution in [-0.2, 0) is 6.42 Å². The zero-order chi connectivity index (χ0) is 24.4. The first-order chi connectivity index (χ1) is 16.3. The van der Waals surface area contributed by atoms with Crippen LogP contribution in [0.2, 0.25) is 0 Å². The summed E-state index contributed by atoms with van der Waals surface area (Å²) in [5, 5.41) is -0.0977. The minimum atomic E-state index is -1.58. The lowest BCUT2D eigenvalue weighted by atomic mass is 10.0. The molecule has 0 bridgehead atoms. The molecule has 168 valence electrons. The molecule has 0 amide bonds. The summed E-state index contributed by atoms with van der Waals surface area (Å²) in [5.41, 5.74) is 0.591. The molecule has 0 aliphatic carbocycles. The predicted molar refractivity (Wildman–Crippen MR) is 118 cm³/mol. The second kappa shape index (κ2) is 9.37. The Bertz CT molecular complexity index is 1540. The van der Waals surface area contributed by atoms with Gasteiger partial charge in [-0.3, -0.25) is 0 Å². The molecule has 0 N–H and O–H groups in total. The van der Waals surface area contributed by atoms with Gasteiger partial charge in [0.05, 0.1) is 11.1 Å². The van der Waals surface area contributed by atoms with Gasteiger partial charge in [0.15, 0.2) is 17.5 Å². The first-order valence-corrected chi connectivity index (χ1v) is 10.2. The predicted octanol–water partition coefficient (Wildman–Crippen LogP) is 7.04. The van der Waals surface area contributed by atoms with Gasteiger partial charge in [-0.05, 0) is 59.8 Å². The number of rotatable bonds is 1. The zero-order valence-corrected chi connectivity index (χ0v) is 17.7. The Balaban J connectivity index is 1.64. The van der Waals surface area contributed by atoms with Crippen molar-refractivity contribution in [3.05, 3.63) is 117 Å². The molecule has 0 aliphatic rings. The van der Waals surface area contributed by atoms with Gasteiger partial charge in [-0.1, -0.05) is 42.7 Å². The molecule has 4 rings (SSSR count). The van der Waals surface area contributed by atoms with Crippen LogP contribution < -0.4 is 0 Å². The average molecular weight is 464 g/mol. The van der Waals surface area contributed by atoms with E-state index >= 15 is 0 Å². The average Bonchev–Trinajstić information content (AvgIpc) is 2.81. The Hall–Kier alpha value is -4.16. The van der Waals surface area contributed by atoms with Crippen LogP contribution in [0.4, 0.5) is 26.3 Å². The van der Waals surface area contributed by atoms with Crippen molar-refractivity contribution in [1.29, 1.82) is 0 Å². The highest BCUT2D eigenvalue weighted by molar-refractivity contribution is 5.84. The molecule has 0 saturated heterocycles. The summed E-state index contributed by atoms with van der Waals surface area (Å²) in [7, 11) is 0. The second-order valence-corrected chi connectivity index (χ2v) is 7.40. The maximum Gasteiger partial charge on any atom is 0.195 e. The van der Waals surface area contributed by atoms with Crippen LogP contribution in [0.5, 0.6) is 0 Å². The molecule has 4 aromatic rings. The first-order valence-electron chi connectivity index (χ1n) is 10.2. The van der Waals surface area contributed by atoms with Gasteiger partial charge in [-0.25, -0.2) is 26.3 Å². The maximum absolute atomic E-state index is 14.5. The third-order valence-electron chi connectivity index (χ3n) is 5.13. The minimum absolute atomic E-state index is 0.00167. The monoisotopic (exact) mass is 464 g/mol. The Morgan fingerprint density at radius 3 is 1.97 bits per heavy atom. The topological polar surface area (TPSA) is 0 Å². The van der Waals surface area contributed by atoms with E-state index in [4.69, 9.17) is 0 Å². The van der Waals surface area contributed by atoms with E-state index in [2.05, 4.69) is 23.7 Å². The van der Waals surface area contributed by atoms with Crippen molar-refractivity contribution in [2.24, 2.45) is 0 Å². The van der Waals surface area contributed by atoms with Gasteiger partial charge in [0.25, 0.3) is 0 Å². The quantitative estimate of drug-likeness (QED) is 0.161. The van der Waals surface area contributed by atoms with Crippen LogP contribution in [-0.4, -0.2) is 0 Å².